The van der Waals surface area contributed by atoms with Crippen LogP contribution in [-0.2, 0) is 0 Å². The number of anilines is 1. The molecule has 0 atom stereocenters. The van der Waals surface area contributed by atoms with E-state index in [0.29, 0.717) is 5.82 Å². The van der Waals surface area contributed by atoms with Gasteiger partial charge < -0.3 is 9.88 Å². The summed E-state index contributed by atoms with van der Waals surface area (Å²) in [5.41, 5.74) is 0.456. The fourth-order valence-corrected chi connectivity index (χ4v) is 1.82. The van der Waals surface area contributed by atoms with E-state index < -0.39 is 0 Å². The van der Waals surface area contributed by atoms with Crippen molar-refractivity contribution in [1.29, 1.82) is 0 Å². The summed E-state index contributed by atoms with van der Waals surface area (Å²) in [4.78, 5) is 19.8. The number of nitrogens with one attached hydrogen (secondary N) is 1. The van der Waals surface area contributed by atoms with E-state index in [2.05, 4.69) is 25.9 Å². The van der Waals surface area contributed by atoms with Crippen LogP contribution in [0, 0.1) is 0 Å². The lowest BCUT2D eigenvalue weighted by atomic mass is 10.2. The molecule has 0 spiro atoms. The van der Waals surface area contributed by atoms with E-state index in [1.165, 1.54) is 0 Å². The van der Waals surface area contributed by atoms with Crippen LogP contribution < -0.4 is 10.6 Å². The summed E-state index contributed by atoms with van der Waals surface area (Å²) in [6.07, 6.45) is 0. The maximum atomic E-state index is 11.3. The molecule has 0 saturated carbocycles. The lowest BCUT2D eigenvalue weighted by Crippen LogP contribution is -2.18. The number of benzene rings is 1. The molecule has 0 aliphatic rings. The lowest BCUT2D eigenvalue weighted by Gasteiger charge is -2.13. The van der Waals surface area contributed by atoms with Crippen molar-refractivity contribution in [2.45, 2.75) is 0 Å². The zero-order chi connectivity index (χ0) is 11.0. The molecule has 15 heavy (non-hydrogen) atoms. The second kappa shape index (κ2) is 3.66. The van der Waals surface area contributed by atoms with Gasteiger partial charge in [-0.15, -0.1) is 0 Å². The van der Waals surface area contributed by atoms with Crippen LogP contribution in [0.25, 0.3) is 10.9 Å². The topological polar surface area (TPSA) is 49.0 Å². The van der Waals surface area contributed by atoms with Gasteiger partial charge in [0.2, 0.25) is 0 Å². The van der Waals surface area contributed by atoms with E-state index in [-0.39, 0.29) is 5.69 Å². The van der Waals surface area contributed by atoms with Crippen LogP contribution in [0.2, 0.25) is 0 Å². The zero-order valence-electron chi connectivity index (χ0n) is 8.41. The Morgan fingerprint density at radius 1 is 1.40 bits per heavy atom. The Morgan fingerprint density at radius 2 is 2.13 bits per heavy atom. The lowest BCUT2D eigenvalue weighted by molar-refractivity contribution is 1.03. The molecule has 1 heterocycles. The molecular formula is C10H10BrN3O. The van der Waals surface area contributed by atoms with Crippen molar-refractivity contribution in [3.63, 3.8) is 0 Å². The van der Waals surface area contributed by atoms with Gasteiger partial charge in [-0.1, -0.05) is 15.9 Å². The fourth-order valence-electron chi connectivity index (χ4n) is 1.46. The van der Waals surface area contributed by atoms with Crippen molar-refractivity contribution >= 4 is 32.7 Å². The van der Waals surface area contributed by atoms with Crippen LogP contribution in [0.1, 0.15) is 0 Å². The molecule has 1 aromatic heterocycles. The van der Waals surface area contributed by atoms with Crippen molar-refractivity contribution in [2.24, 2.45) is 0 Å². The van der Waals surface area contributed by atoms with Gasteiger partial charge >= 0.3 is 5.69 Å². The molecule has 0 aliphatic carbocycles. The summed E-state index contributed by atoms with van der Waals surface area (Å²) in [7, 11) is 3.73. The Hall–Kier alpha value is -1.36. The molecule has 0 bridgehead atoms. The Bertz CT molecular complexity index is 562. The fraction of sp³-hybridized carbons (Fsp3) is 0.200. The normalized spacial score (nSPS) is 10.6. The van der Waals surface area contributed by atoms with Gasteiger partial charge in [0.25, 0.3) is 0 Å². The third-order valence-electron chi connectivity index (χ3n) is 2.10. The number of aromatic amines is 1. The summed E-state index contributed by atoms with van der Waals surface area (Å²) in [5, 5.41) is 0.933. The summed E-state index contributed by atoms with van der Waals surface area (Å²) in [6.45, 7) is 0. The van der Waals surface area contributed by atoms with E-state index >= 15 is 0 Å². The third kappa shape index (κ3) is 1.87. The summed E-state index contributed by atoms with van der Waals surface area (Å²) in [6, 6.07) is 5.72. The highest BCUT2D eigenvalue weighted by molar-refractivity contribution is 9.10. The molecule has 2 aromatic rings. The van der Waals surface area contributed by atoms with E-state index in [1.54, 1.807) is 0 Å². The average Bonchev–Trinajstić information content (AvgIpc) is 2.15. The second-order valence-corrected chi connectivity index (χ2v) is 4.37. The highest BCUT2D eigenvalue weighted by Gasteiger charge is 2.06. The van der Waals surface area contributed by atoms with Gasteiger partial charge in [-0.25, -0.2) is 4.79 Å². The molecule has 1 aromatic carbocycles. The Kier molecular flexibility index (Phi) is 2.48. The molecule has 2 rings (SSSR count). The summed E-state index contributed by atoms with van der Waals surface area (Å²) in [5.74, 6) is 0.682. The number of fused-ring (bicyclic) bond motifs is 1. The number of nitrogens with zero attached hydrogens (tertiary/aromatic N) is 2. The predicted molar refractivity (Wildman–Crippen MR) is 64.4 cm³/mol. The van der Waals surface area contributed by atoms with Gasteiger partial charge in [-0.05, 0) is 18.2 Å². The van der Waals surface area contributed by atoms with Crippen LogP contribution in [0.4, 0.5) is 5.82 Å². The van der Waals surface area contributed by atoms with E-state index in [9.17, 15) is 4.79 Å². The first-order valence-corrected chi connectivity index (χ1v) is 5.24. The quantitative estimate of drug-likeness (QED) is 0.857. The smallest absolute Gasteiger partial charge is 0.347 e. The molecule has 1 N–H and O–H groups in total. The zero-order valence-corrected chi connectivity index (χ0v) is 10.00. The van der Waals surface area contributed by atoms with Crippen LogP contribution in [0.3, 0.4) is 0 Å². The number of rotatable bonds is 1. The van der Waals surface area contributed by atoms with Crippen molar-refractivity contribution in [2.75, 3.05) is 19.0 Å². The highest BCUT2D eigenvalue weighted by Crippen LogP contribution is 2.22. The number of hydrogen-bond acceptors (Lipinski definition) is 3. The van der Waals surface area contributed by atoms with E-state index in [1.807, 2.05) is 37.2 Å². The van der Waals surface area contributed by atoms with Gasteiger partial charge in [-0.2, -0.15) is 4.98 Å². The van der Waals surface area contributed by atoms with Crippen molar-refractivity contribution in [1.82, 2.24) is 9.97 Å². The number of hydrogen-bond donors (Lipinski definition) is 1. The first kappa shape index (κ1) is 10.2. The van der Waals surface area contributed by atoms with Gasteiger partial charge in [0.05, 0.1) is 5.52 Å². The Labute approximate surface area is 95.1 Å². The first-order chi connectivity index (χ1) is 7.08. The molecule has 0 amide bonds. The Balaban J connectivity index is 2.86. The third-order valence-corrected chi connectivity index (χ3v) is 2.59. The average molecular weight is 268 g/mol. The van der Waals surface area contributed by atoms with Crippen LogP contribution in [0.5, 0.6) is 0 Å². The standard InChI is InChI=1S/C10H10BrN3O/c1-14(2)9-7-4-3-6(11)5-8(7)12-10(15)13-9/h3-5H,1-2H3,(H,12,13,15). The highest BCUT2D eigenvalue weighted by atomic mass is 79.9. The van der Waals surface area contributed by atoms with Crippen LogP contribution in [0.15, 0.2) is 27.5 Å². The van der Waals surface area contributed by atoms with Crippen molar-refractivity contribution in [3.05, 3.63) is 33.2 Å². The molecule has 0 fully saturated rings. The monoisotopic (exact) mass is 267 g/mol. The minimum absolute atomic E-state index is 0.329. The van der Waals surface area contributed by atoms with Gasteiger partial charge in [-0.3, -0.25) is 0 Å². The molecule has 0 aliphatic heterocycles. The molecule has 78 valence electrons. The minimum Gasteiger partial charge on any atom is -0.362 e. The Morgan fingerprint density at radius 3 is 2.80 bits per heavy atom. The van der Waals surface area contributed by atoms with Gasteiger partial charge in [0.1, 0.15) is 5.82 Å². The summed E-state index contributed by atoms with van der Waals surface area (Å²) >= 11 is 3.36. The number of halogens is 1. The van der Waals surface area contributed by atoms with Gasteiger partial charge in [0.15, 0.2) is 0 Å². The maximum Gasteiger partial charge on any atom is 0.347 e. The van der Waals surface area contributed by atoms with Crippen molar-refractivity contribution in [3.8, 4) is 0 Å². The molecular weight excluding hydrogens is 258 g/mol. The molecule has 0 saturated heterocycles. The minimum atomic E-state index is -0.329. The second-order valence-electron chi connectivity index (χ2n) is 3.45. The van der Waals surface area contributed by atoms with E-state index in [4.69, 9.17) is 0 Å². The number of aromatic nitrogens is 2. The van der Waals surface area contributed by atoms with Crippen molar-refractivity contribution < 1.29 is 0 Å². The van der Waals surface area contributed by atoms with E-state index in [0.717, 1.165) is 15.4 Å². The van der Waals surface area contributed by atoms with Gasteiger partial charge in [0, 0.05) is 24.0 Å². The molecule has 0 unspecified atom stereocenters. The maximum absolute atomic E-state index is 11.3. The van der Waals surface area contributed by atoms with Crippen LogP contribution >= 0.6 is 15.9 Å². The SMILES string of the molecule is CN(C)c1nc(=O)[nH]c2cc(Br)ccc12. The predicted octanol–water partition coefficient (Wildman–Crippen LogP) is 1.75. The summed E-state index contributed by atoms with van der Waals surface area (Å²) < 4.78 is 0.932. The number of H-pyrrole nitrogens is 1. The molecule has 5 heteroatoms. The largest absolute Gasteiger partial charge is 0.362 e. The first-order valence-electron chi connectivity index (χ1n) is 4.45. The molecule has 4 nitrogen and oxygen atoms in total. The molecule has 0 radical (unpaired) electrons. The van der Waals surface area contributed by atoms with Crippen LogP contribution in [-0.4, -0.2) is 24.1 Å².